The van der Waals surface area contributed by atoms with E-state index in [2.05, 4.69) is 9.10 Å². The van der Waals surface area contributed by atoms with E-state index in [0.717, 1.165) is 29.9 Å². The Kier molecular flexibility index (Phi) is 3.88. The summed E-state index contributed by atoms with van der Waals surface area (Å²) in [6.07, 6.45) is 1.61. The van der Waals surface area contributed by atoms with Crippen molar-refractivity contribution in [3.05, 3.63) is 40.4 Å². The summed E-state index contributed by atoms with van der Waals surface area (Å²) in [5.41, 5.74) is 1.52. The van der Waals surface area contributed by atoms with Crippen LogP contribution < -0.4 is 9.46 Å². The van der Waals surface area contributed by atoms with Gasteiger partial charge in [-0.05, 0) is 61.1 Å². The first-order chi connectivity index (χ1) is 10.5. The number of hydrogen-bond acceptors (Lipinski definition) is 6. The summed E-state index contributed by atoms with van der Waals surface area (Å²) in [6, 6.07) is 6.18. The van der Waals surface area contributed by atoms with Gasteiger partial charge in [0.25, 0.3) is 15.9 Å². The van der Waals surface area contributed by atoms with Crippen molar-refractivity contribution in [2.75, 3.05) is 6.61 Å². The topological polar surface area (TPSA) is 85.4 Å². The molecular weight excluding hydrogens is 324 g/mol. The first-order valence-electron chi connectivity index (χ1n) is 6.72. The molecule has 0 atom stereocenters. The van der Waals surface area contributed by atoms with Gasteiger partial charge in [-0.1, -0.05) is 0 Å². The number of benzene rings is 1. The fourth-order valence-corrected chi connectivity index (χ4v) is 3.94. The molecule has 0 unspecified atom stereocenters. The molecule has 1 N–H and O–H groups in total. The fourth-order valence-electron chi connectivity index (χ4n) is 2.21. The molecule has 22 heavy (non-hydrogen) atoms. The number of aryl methyl sites for hydroxylation is 2. The minimum Gasteiger partial charge on any atom is -0.493 e. The fraction of sp³-hybridized carbons (Fsp3) is 0.286. The van der Waals surface area contributed by atoms with Gasteiger partial charge >= 0.3 is 0 Å². The van der Waals surface area contributed by atoms with E-state index < -0.39 is 15.9 Å². The molecule has 0 saturated heterocycles. The molecule has 1 aliphatic heterocycles. The maximum Gasteiger partial charge on any atom is 0.276 e. The summed E-state index contributed by atoms with van der Waals surface area (Å²) in [6.45, 7) is 2.38. The zero-order chi connectivity index (χ0) is 15.7. The van der Waals surface area contributed by atoms with E-state index in [0.29, 0.717) is 18.1 Å². The van der Waals surface area contributed by atoms with Gasteiger partial charge in [0.05, 0.1) is 17.2 Å². The normalized spacial score (nSPS) is 14.0. The van der Waals surface area contributed by atoms with Crippen molar-refractivity contribution in [3.63, 3.8) is 0 Å². The zero-order valence-corrected chi connectivity index (χ0v) is 13.5. The number of rotatable bonds is 3. The number of carbonyl (C=O) groups is 1. The first kappa shape index (κ1) is 15.0. The molecule has 1 aromatic carbocycles. The summed E-state index contributed by atoms with van der Waals surface area (Å²) in [5, 5.41) is 0. The second kappa shape index (κ2) is 5.69. The predicted molar refractivity (Wildman–Crippen MR) is 81.8 cm³/mol. The molecule has 0 fully saturated rings. The highest BCUT2D eigenvalue weighted by molar-refractivity contribution is 7.90. The Morgan fingerprint density at radius 1 is 1.36 bits per heavy atom. The van der Waals surface area contributed by atoms with E-state index in [-0.39, 0.29) is 9.77 Å². The van der Waals surface area contributed by atoms with Crippen molar-refractivity contribution in [3.8, 4) is 5.75 Å². The summed E-state index contributed by atoms with van der Waals surface area (Å²) in [5.74, 6) is 0.0363. The molecule has 2 aromatic rings. The van der Waals surface area contributed by atoms with Crippen LogP contribution in [0.4, 0.5) is 0 Å². The number of amides is 1. The third kappa shape index (κ3) is 2.97. The lowest BCUT2D eigenvalue weighted by Gasteiger charge is -2.17. The van der Waals surface area contributed by atoms with Crippen molar-refractivity contribution < 1.29 is 17.9 Å². The van der Waals surface area contributed by atoms with Gasteiger partial charge in [0.1, 0.15) is 10.6 Å². The van der Waals surface area contributed by atoms with Gasteiger partial charge in [-0.3, -0.25) is 4.79 Å². The van der Waals surface area contributed by atoms with Gasteiger partial charge in [0.15, 0.2) is 0 Å². The summed E-state index contributed by atoms with van der Waals surface area (Å²) >= 11 is 0.970. The number of nitrogens with zero attached hydrogens (tertiary/aromatic N) is 1. The minimum atomic E-state index is -3.91. The molecule has 1 aromatic heterocycles. The van der Waals surface area contributed by atoms with Gasteiger partial charge in [-0.15, -0.1) is 0 Å². The highest BCUT2D eigenvalue weighted by Gasteiger charge is 2.22. The van der Waals surface area contributed by atoms with Crippen LogP contribution in [0.5, 0.6) is 5.75 Å². The molecule has 8 heteroatoms. The number of ether oxygens (including phenoxy) is 1. The zero-order valence-electron chi connectivity index (χ0n) is 11.8. The number of sulfonamides is 1. The van der Waals surface area contributed by atoms with E-state index in [1.807, 2.05) is 0 Å². The van der Waals surface area contributed by atoms with Crippen molar-refractivity contribution >= 4 is 27.5 Å². The van der Waals surface area contributed by atoms with Crippen molar-refractivity contribution in [1.29, 1.82) is 0 Å². The lowest BCUT2D eigenvalue weighted by molar-refractivity contribution is 0.0985. The average Bonchev–Trinajstić information content (AvgIpc) is 2.93. The molecule has 0 bridgehead atoms. The average molecular weight is 338 g/mol. The molecule has 0 saturated carbocycles. The predicted octanol–water partition coefficient (Wildman–Crippen LogP) is 1.90. The van der Waals surface area contributed by atoms with Crippen LogP contribution in [0.3, 0.4) is 0 Å². The molecule has 0 radical (unpaired) electrons. The highest BCUT2D eigenvalue weighted by atomic mass is 32.2. The monoisotopic (exact) mass is 338 g/mol. The van der Waals surface area contributed by atoms with Crippen molar-refractivity contribution in [2.45, 2.75) is 24.7 Å². The van der Waals surface area contributed by atoms with Gasteiger partial charge in [0, 0.05) is 0 Å². The number of nitrogens with one attached hydrogen (secondary N) is 1. The van der Waals surface area contributed by atoms with Crippen LogP contribution in [0.15, 0.2) is 29.2 Å². The van der Waals surface area contributed by atoms with Gasteiger partial charge in [-0.25, -0.2) is 13.1 Å². The van der Waals surface area contributed by atoms with Crippen molar-refractivity contribution in [2.24, 2.45) is 0 Å². The largest absolute Gasteiger partial charge is 0.493 e. The third-order valence-electron chi connectivity index (χ3n) is 3.27. The third-order valence-corrected chi connectivity index (χ3v) is 5.48. The first-order valence-corrected chi connectivity index (χ1v) is 8.97. The van der Waals surface area contributed by atoms with Crippen LogP contribution in [0, 0.1) is 6.92 Å². The minimum absolute atomic E-state index is 0.0614. The van der Waals surface area contributed by atoms with Crippen LogP contribution in [-0.4, -0.2) is 25.3 Å². The second-order valence-electron chi connectivity index (χ2n) is 4.99. The number of carbonyl (C=O) groups excluding carboxylic acids is 1. The maximum atomic E-state index is 12.3. The number of hydrogen-bond donors (Lipinski definition) is 1. The highest BCUT2D eigenvalue weighted by Crippen LogP contribution is 2.27. The molecule has 0 aliphatic carbocycles. The number of fused-ring (bicyclic) bond motifs is 1. The smallest absolute Gasteiger partial charge is 0.276 e. The van der Waals surface area contributed by atoms with E-state index in [1.54, 1.807) is 25.1 Å². The van der Waals surface area contributed by atoms with Crippen LogP contribution in [0.1, 0.15) is 27.3 Å². The Labute approximate surface area is 132 Å². The molecule has 1 amide bonds. The second-order valence-corrected chi connectivity index (χ2v) is 7.48. The Balaban J connectivity index is 1.85. The van der Waals surface area contributed by atoms with E-state index in [4.69, 9.17) is 4.74 Å². The summed E-state index contributed by atoms with van der Waals surface area (Å²) in [4.78, 5) is 12.3. The summed E-state index contributed by atoms with van der Waals surface area (Å²) < 4.78 is 36.1. The molecule has 6 nitrogen and oxygen atoms in total. The van der Waals surface area contributed by atoms with Crippen LogP contribution >= 0.6 is 11.5 Å². The standard InChI is InChI=1S/C14H14N2O4S2/c1-9-7-13(21-15-9)14(17)16-22(18,19)11-4-5-12-10(8-11)3-2-6-20-12/h4-5,7-8H,2-3,6H2,1H3,(H,16,17). The molecule has 116 valence electrons. The molecule has 3 rings (SSSR count). The quantitative estimate of drug-likeness (QED) is 0.924. The van der Waals surface area contributed by atoms with E-state index in [9.17, 15) is 13.2 Å². The lowest BCUT2D eigenvalue weighted by atomic mass is 10.1. The van der Waals surface area contributed by atoms with Crippen molar-refractivity contribution in [1.82, 2.24) is 9.10 Å². The molecule has 2 heterocycles. The molecule has 0 spiro atoms. The van der Waals surface area contributed by atoms with E-state index >= 15 is 0 Å². The Hall–Kier alpha value is -1.93. The van der Waals surface area contributed by atoms with Crippen LogP contribution in [-0.2, 0) is 16.4 Å². The van der Waals surface area contributed by atoms with Gasteiger partial charge in [0.2, 0.25) is 0 Å². The Morgan fingerprint density at radius 3 is 2.91 bits per heavy atom. The lowest BCUT2D eigenvalue weighted by Crippen LogP contribution is -2.30. The van der Waals surface area contributed by atoms with E-state index in [1.165, 1.54) is 6.07 Å². The molecular formula is C14H14N2O4S2. The Bertz CT molecular complexity index is 827. The summed E-state index contributed by atoms with van der Waals surface area (Å²) in [7, 11) is -3.91. The maximum absolute atomic E-state index is 12.3. The van der Waals surface area contributed by atoms with Gasteiger partial charge in [-0.2, -0.15) is 4.37 Å². The Morgan fingerprint density at radius 2 is 2.18 bits per heavy atom. The number of aromatic nitrogens is 1. The SMILES string of the molecule is Cc1cc(C(=O)NS(=O)(=O)c2ccc3c(c2)CCCO3)sn1. The van der Waals surface area contributed by atoms with Gasteiger partial charge < -0.3 is 4.74 Å². The molecule has 1 aliphatic rings. The van der Waals surface area contributed by atoms with Crippen LogP contribution in [0.2, 0.25) is 0 Å². The van der Waals surface area contributed by atoms with Crippen LogP contribution in [0.25, 0.3) is 0 Å².